The molecule has 6 nitrogen and oxygen atoms in total. The third-order valence-corrected chi connectivity index (χ3v) is 3.44. The zero-order valence-corrected chi connectivity index (χ0v) is 11.9. The van der Waals surface area contributed by atoms with Crippen LogP contribution in [0.15, 0.2) is 42.5 Å². The Labute approximate surface area is 126 Å². The molecule has 0 aliphatic carbocycles. The molecule has 0 atom stereocenters. The summed E-state index contributed by atoms with van der Waals surface area (Å²) >= 11 is 0. The van der Waals surface area contributed by atoms with E-state index in [0.717, 1.165) is 28.7 Å². The molecule has 1 amide bonds. The van der Waals surface area contributed by atoms with Crippen molar-refractivity contribution in [1.82, 2.24) is 9.55 Å². The number of aldehydes is 1. The number of aromatic nitrogens is 2. The normalized spacial score (nSPS) is 10.4. The monoisotopic (exact) mass is 294 g/mol. The van der Waals surface area contributed by atoms with E-state index in [2.05, 4.69) is 15.6 Å². The third kappa shape index (κ3) is 2.20. The second-order valence-corrected chi connectivity index (χ2v) is 4.65. The molecule has 0 saturated carbocycles. The van der Waals surface area contributed by atoms with Gasteiger partial charge in [0.15, 0.2) is 12.1 Å². The Balaban J connectivity index is 2.24. The number of amides is 1. The maximum Gasteiger partial charge on any atom is 0.211 e. The topological polar surface area (TPSA) is 76.0 Å². The first-order valence-electron chi connectivity index (χ1n) is 6.73. The Morgan fingerprint density at radius 3 is 2.64 bits per heavy atom. The molecule has 0 unspecified atom stereocenters. The predicted octanol–water partition coefficient (Wildman–Crippen LogP) is 2.45. The Kier molecular flexibility index (Phi) is 3.57. The van der Waals surface area contributed by atoms with Crippen molar-refractivity contribution in [2.45, 2.75) is 0 Å². The van der Waals surface area contributed by atoms with E-state index in [1.54, 1.807) is 17.7 Å². The first-order chi connectivity index (χ1) is 10.8. The number of fused-ring (bicyclic) bond motifs is 1. The third-order valence-electron chi connectivity index (χ3n) is 3.44. The molecule has 0 bridgehead atoms. The fraction of sp³-hybridized carbons (Fsp3) is 0.0625. The maximum atomic E-state index is 11.3. The van der Waals surface area contributed by atoms with Crippen LogP contribution in [0.4, 0.5) is 11.4 Å². The van der Waals surface area contributed by atoms with Gasteiger partial charge in [0.1, 0.15) is 0 Å². The molecule has 22 heavy (non-hydrogen) atoms. The van der Waals surface area contributed by atoms with Crippen molar-refractivity contribution in [3.63, 3.8) is 0 Å². The highest BCUT2D eigenvalue weighted by Crippen LogP contribution is 2.27. The average Bonchev–Trinajstić information content (AvgIpc) is 2.93. The van der Waals surface area contributed by atoms with Crippen molar-refractivity contribution < 1.29 is 9.59 Å². The lowest BCUT2D eigenvalue weighted by molar-refractivity contribution is -0.105. The van der Waals surface area contributed by atoms with Crippen LogP contribution in [0.1, 0.15) is 10.6 Å². The van der Waals surface area contributed by atoms with E-state index in [-0.39, 0.29) is 0 Å². The fourth-order valence-corrected chi connectivity index (χ4v) is 2.47. The summed E-state index contributed by atoms with van der Waals surface area (Å²) in [6, 6.07) is 13.0. The number of carbonyl (C=O) groups excluding carboxylic acids is 2. The Morgan fingerprint density at radius 2 is 1.91 bits per heavy atom. The van der Waals surface area contributed by atoms with Gasteiger partial charge in [-0.1, -0.05) is 12.1 Å². The van der Waals surface area contributed by atoms with E-state index in [4.69, 9.17) is 0 Å². The number of nitrogens with one attached hydrogen (secondary N) is 2. The number of benzene rings is 2. The summed E-state index contributed by atoms with van der Waals surface area (Å²) in [6.07, 6.45) is 1.34. The minimum absolute atomic E-state index is 0.315. The molecular weight excluding hydrogens is 280 g/mol. The summed E-state index contributed by atoms with van der Waals surface area (Å²) in [5, 5.41) is 5.65. The van der Waals surface area contributed by atoms with Crippen LogP contribution < -0.4 is 10.6 Å². The lowest BCUT2D eigenvalue weighted by Crippen LogP contribution is -2.04. The minimum Gasteiger partial charge on any atom is -0.386 e. The predicted molar refractivity (Wildman–Crippen MR) is 85.7 cm³/mol. The number of imidazole rings is 1. The standard InChI is InChI=1S/C16H14N4O2/c1-17-12-7-6-11(8-14(12)18-10-22)20-15-5-3-2-4-13(15)19-16(20)9-21/h2-10,17H,1H3,(H,18,22). The Morgan fingerprint density at radius 1 is 1.09 bits per heavy atom. The van der Waals surface area contributed by atoms with E-state index < -0.39 is 0 Å². The molecule has 0 aliphatic rings. The molecule has 3 rings (SSSR count). The number of anilines is 2. The summed E-state index contributed by atoms with van der Waals surface area (Å²) in [6.45, 7) is 0. The molecule has 0 fully saturated rings. The highest BCUT2D eigenvalue weighted by molar-refractivity contribution is 5.87. The molecular formula is C16H14N4O2. The molecule has 2 N–H and O–H groups in total. The van der Waals surface area contributed by atoms with Crippen LogP contribution >= 0.6 is 0 Å². The van der Waals surface area contributed by atoms with Crippen LogP contribution in [0, 0.1) is 0 Å². The minimum atomic E-state index is 0.315. The summed E-state index contributed by atoms with van der Waals surface area (Å²) < 4.78 is 1.76. The number of carbonyl (C=O) groups is 2. The maximum absolute atomic E-state index is 11.3. The Bertz CT molecular complexity index is 854. The van der Waals surface area contributed by atoms with Crippen molar-refractivity contribution in [3.8, 4) is 5.69 Å². The summed E-state index contributed by atoms with van der Waals surface area (Å²) in [5.41, 5.74) is 3.74. The molecule has 0 radical (unpaired) electrons. The van der Waals surface area contributed by atoms with Gasteiger partial charge >= 0.3 is 0 Å². The molecule has 0 saturated heterocycles. The van der Waals surface area contributed by atoms with Gasteiger partial charge in [0.05, 0.1) is 28.1 Å². The molecule has 2 aromatic carbocycles. The Hall–Kier alpha value is -3.15. The summed E-state index contributed by atoms with van der Waals surface area (Å²) in [7, 11) is 1.77. The van der Waals surface area contributed by atoms with Crippen LogP contribution in [0.2, 0.25) is 0 Å². The van der Waals surface area contributed by atoms with Crippen LogP contribution in [0.5, 0.6) is 0 Å². The first kappa shape index (κ1) is 13.8. The number of hydrogen-bond donors (Lipinski definition) is 2. The van der Waals surface area contributed by atoms with Gasteiger partial charge in [0.25, 0.3) is 0 Å². The van der Waals surface area contributed by atoms with E-state index in [1.807, 2.05) is 36.4 Å². The fourth-order valence-electron chi connectivity index (χ4n) is 2.47. The molecule has 6 heteroatoms. The van der Waals surface area contributed by atoms with Gasteiger partial charge in [0, 0.05) is 7.05 Å². The second-order valence-electron chi connectivity index (χ2n) is 4.65. The van der Waals surface area contributed by atoms with E-state index in [0.29, 0.717) is 17.9 Å². The zero-order valence-electron chi connectivity index (χ0n) is 11.9. The van der Waals surface area contributed by atoms with Crippen LogP contribution in [-0.2, 0) is 4.79 Å². The van der Waals surface area contributed by atoms with Gasteiger partial charge < -0.3 is 10.6 Å². The highest BCUT2D eigenvalue weighted by Gasteiger charge is 2.12. The quantitative estimate of drug-likeness (QED) is 0.709. The van der Waals surface area contributed by atoms with Gasteiger partial charge in [-0.3, -0.25) is 14.2 Å². The number of rotatable bonds is 5. The van der Waals surface area contributed by atoms with E-state index >= 15 is 0 Å². The van der Waals surface area contributed by atoms with Gasteiger partial charge in [-0.2, -0.15) is 0 Å². The van der Waals surface area contributed by atoms with Crippen molar-refractivity contribution in [1.29, 1.82) is 0 Å². The summed E-state index contributed by atoms with van der Waals surface area (Å²) in [4.78, 5) is 26.4. The van der Waals surface area contributed by atoms with Gasteiger partial charge in [-0.05, 0) is 30.3 Å². The van der Waals surface area contributed by atoms with Crippen molar-refractivity contribution in [2.24, 2.45) is 0 Å². The molecule has 110 valence electrons. The van der Waals surface area contributed by atoms with Gasteiger partial charge in [-0.15, -0.1) is 0 Å². The molecule has 0 aliphatic heterocycles. The van der Waals surface area contributed by atoms with Crippen LogP contribution in [-0.4, -0.2) is 29.3 Å². The number of hydrogen-bond acceptors (Lipinski definition) is 4. The van der Waals surface area contributed by atoms with Gasteiger partial charge in [0.2, 0.25) is 6.41 Å². The molecule has 1 heterocycles. The zero-order chi connectivity index (χ0) is 15.5. The van der Waals surface area contributed by atoms with Crippen molar-refractivity contribution >= 4 is 35.1 Å². The van der Waals surface area contributed by atoms with Crippen LogP contribution in [0.3, 0.4) is 0 Å². The SMILES string of the molecule is CNc1ccc(-n2c(C=O)nc3ccccc32)cc1NC=O. The average molecular weight is 294 g/mol. The molecule has 1 aromatic heterocycles. The van der Waals surface area contributed by atoms with Crippen molar-refractivity contribution in [2.75, 3.05) is 17.7 Å². The van der Waals surface area contributed by atoms with Gasteiger partial charge in [-0.25, -0.2) is 4.98 Å². The lowest BCUT2D eigenvalue weighted by Gasteiger charge is -2.12. The van der Waals surface area contributed by atoms with Crippen molar-refractivity contribution in [3.05, 3.63) is 48.3 Å². The summed E-state index contributed by atoms with van der Waals surface area (Å²) in [5.74, 6) is 0.315. The van der Waals surface area contributed by atoms with E-state index in [1.165, 1.54) is 0 Å². The largest absolute Gasteiger partial charge is 0.386 e. The second kappa shape index (κ2) is 5.69. The molecule has 0 spiro atoms. The number of nitrogens with zero attached hydrogens (tertiary/aromatic N) is 2. The number of para-hydroxylation sites is 2. The van der Waals surface area contributed by atoms with Crippen LogP contribution in [0.25, 0.3) is 16.7 Å². The first-order valence-corrected chi connectivity index (χ1v) is 6.73. The van der Waals surface area contributed by atoms with E-state index in [9.17, 15) is 9.59 Å². The highest BCUT2D eigenvalue weighted by atomic mass is 16.1. The molecule has 3 aromatic rings. The smallest absolute Gasteiger partial charge is 0.211 e. The lowest BCUT2D eigenvalue weighted by atomic mass is 10.2.